The second kappa shape index (κ2) is 11.6. The molecule has 38 heavy (non-hydrogen) atoms. The predicted octanol–water partition coefficient (Wildman–Crippen LogP) is 6.09. The largest absolute Gasteiger partial charge is 0.465 e. The number of carbonyl (C=O) groups excluding carboxylic acids is 1. The first-order valence-electron chi connectivity index (χ1n) is 12.8. The Labute approximate surface area is 230 Å². The van der Waals surface area contributed by atoms with Crippen molar-refractivity contribution in [3.63, 3.8) is 0 Å². The van der Waals surface area contributed by atoms with E-state index in [-0.39, 0.29) is 5.91 Å². The summed E-state index contributed by atoms with van der Waals surface area (Å²) in [5.74, 6) is -0.0518. The van der Waals surface area contributed by atoms with Gasteiger partial charge < -0.3 is 15.3 Å². The number of pyridine rings is 1. The van der Waals surface area contributed by atoms with Crippen LogP contribution in [0.4, 0.5) is 9.80 Å². The Balaban J connectivity index is 1.38. The number of fused-ring (bicyclic) bond motifs is 2. The maximum atomic E-state index is 13.3. The number of thiophene rings is 1. The van der Waals surface area contributed by atoms with Crippen LogP contribution in [0.3, 0.4) is 0 Å². The third kappa shape index (κ3) is 5.72. The molecule has 1 aliphatic heterocycles. The van der Waals surface area contributed by atoms with Crippen LogP contribution in [-0.4, -0.2) is 56.0 Å². The van der Waals surface area contributed by atoms with E-state index in [9.17, 15) is 14.7 Å². The monoisotopic (exact) mass is 549 g/mol. The Hall–Kier alpha value is -3.34. The van der Waals surface area contributed by atoms with Crippen LogP contribution in [0, 0.1) is 0 Å². The van der Waals surface area contributed by atoms with Gasteiger partial charge >= 0.3 is 6.09 Å². The van der Waals surface area contributed by atoms with Crippen LogP contribution in [0.25, 0.3) is 20.8 Å². The Morgan fingerprint density at radius 3 is 2.76 bits per heavy atom. The molecule has 0 saturated heterocycles. The molecule has 0 fully saturated rings. The number of nitrogens with zero attached hydrogens (tertiary/aromatic N) is 4. The van der Waals surface area contributed by atoms with Crippen molar-refractivity contribution in [2.45, 2.75) is 52.2 Å². The van der Waals surface area contributed by atoms with E-state index in [0.717, 1.165) is 49.2 Å². The number of benzene rings is 1. The average molecular weight is 550 g/mol. The second-order valence-corrected chi connectivity index (χ2v) is 11.7. The van der Waals surface area contributed by atoms with Gasteiger partial charge in [0, 0.05) is 48.7 Å². The maximum absolute atomic E-state index is 13.3. The number of anilines is 1. The fourth-order valence-electron chi connectivity index (χ4n) is 4.73. The number of carboxylic acid groups (broad SMARTS) is 1. The van der Waals surface area contributed by atoms with Gasteiger partial charge in [-0.3, -0.25) is 14.7 Å². The Morgan fingerprint density at radius 1 is 1.21 bits per heavy atom. The van der Waals surface area contributed by atoms with Crippen molar-refractivity contribution in [3.8, 4) is 10.6 Å². The number of nitrogens with one attached hydrogen (secondary N) is 1. The van der Waals surface area contributed by atoms with Gasteiger partial charge in [0.2, 0.25) is 5.91 Å². The number of hydrogen-bond donors (Lipinski definition) is 2. The van der Waals surface area contributed by atoms with E-state index in [1.807, 2.05) is 24.3 Å². The zero-order valence-electron chi connectivity index (χ0n) is 21.5. The maximum Gasteiger partial charge on any atom is 0.407 e. The first kappa shape index (κ1) is 26.3. The van der Waals surface area contributed by atoms with E-state index in [0.29, 0.717) is 38.5 Å². The lowest BCUT2D eigenvalue weighted by atomic mass is 10.0. The molecule has 1 atom stereocenters. The Bertz CT molecular complexity index is 1400. The number of aromatic nitrogens is 2. The van der Waals surface area contributed by atoms with Gasteiger partial charge in [0.15, 0.2) is 0 Å². The fourth-order valence-corrected chi connectivity index (χ4v) is 7.09. The summed E-state index contributed by atoms with van der Waals surface area (Å²) in [6.07, 6.45) is 4.53. The van der Waals surface area contributed by atoms with E-state index in [2.05, 4.69) is 41.2 Å². The zero-order valence-corrected chi connectivity index (χ0v) is 23.1. The number of rotatable bonds is 9. The molecule has 0 aliphatic carbocycles. The third-order valence-electron chi connectivity index (χ3n) is 7.05. The van der Waals surface area contributed by atoms with Crippen molar-refractivity contribution in [3.05, 3.63) is 64.8 Å². The van der Waals surface area contributed by atoms with E-state index in [1.165, 1.54) is 21.8 Å². The summed E-state index contributed by atoms with van der Waals surface area (Å²) in [5, 5.41) is 14.3. The highest BCUT2D eigenvalue weighted by Crippen LogP contribution is 2.45. The molecule has 2 amide bonds. The van der Waals surface area contributed by atoms with Gasteiger partial charge in [-0.25, -0.2) is 9.78 Å². The van der Waals surface area contributed by atoms with Gasteiger partial charge in [-0.1, -0.05) is 37.3 Å². The summed E-state index contributed by atoms with van der Waals surface area (Å²) in [7, 11) is 0. The second-order valence-electron chi connectivity index (χ2n) is 9.54. The molecule has 10 heteroatoms. The minimum absolute atomic E-state index is 0.0518. The third-order valence-corrected chi connectivity index (χ3v) is 9.24. The average Bonchev–Trinajstić information content (AvgIpc) is 3.51. The normalized spacial score (nSPS) is 14.0. The van der Waals surface area contributed by atoms with E-state index >= 15 is 0 Å². The number of thiazole rings is 1. The van der Waals surface area contributed by atoms with Gasteiger partial charge in [-0.15, -0.1) is 22.7 Å². The summed E-state index contributed by atoms with van der Waals surface area (Å²) in [5.41, 5.74) is 4.06. The smallest absolute Gasteiger partial charge is 0.407 e. The molecule has 1 aromatic carbocycles. The fraction of sp³-hybridized carbons (Fsp3) is 0.357. The number of hydrogen-bond acceptors (Lipinski definition) is 7. The van der Waals surface area contributed by atoms with Crippen LogP contribution in [0.1, 0.15) is 42.7 Å². The Kier molecular flexibility index (Phi) is 8.01. The standard InChI is InChI=1S/C28H31N5O3S2/c1-3-18(2)32(16-19-7-5-4-6-8-19)14-11-24(34)31-27-25(26-30-21-15-29-12-9-22(21)37-26)20-10-13-33(28(35)36)17-23(20)38-27/h4-9,12,15,18H,3,10-11,13-14,16-17H2,1-2H3,(H,31,34)(H,35,36). The van der Waals surface area contributed by atoms with Gasteiger partial charge in [0.1, 0.15) is 15.5 Å². The van der Waals surface area contributed by atoms with E-state index in [1.54, 1.807) is 23.7 Å². The SMILES string of the molecule is CCC(C)N(CCC(=O)Nc1sc2c(c1-c1nc3cnccc3s1)CCN(C(=O)O)C2)Cc1ccccc1. The van der Waals surface area contributed by atoms with Crippen molar-refractivity contribution >= 4 is 49.9 Å². The highest BCUT2D eigenvalue weighted by atomic mass is 32.1. The van der Waals surface area contributed by atoms with Crippen LogP contribution in [-0.2, 0) is 24.3 Å². The van der Waals surface area contributed by atoms with Crippen molar-refractivity contribution < 1.29 is 14.7 Å². The van der Waals surface area contributed by atoms with Gasteiger partial charge in [-0.2, -0.15) is 0 Å². The lowest BCUT2D eigenvalue weighted by molar-refractivity contribution is -0.116. The summed E-state index contributed by atoms with van der Waals surface area (Å²) in [6.45, 7) is 6.56. The van der Waals surface area contributed by atoms with E-state index in [4.69, 9.17) is 4.98 Å². The first-order chi connectivity index (χ1) is 18.4. The van der Waals surface area contributed by atoms with Crippen molar-refractivity contribution in [2.75, 3.05) is 18.4 Å². The predicted molar refractivity (Wildman–Crippen MR) is 153 cm³/mol. The van der Waals surface area contributed by atoms with Crippen molar-refractivity contribution in [1.82, 2.24) is 19.8 Å². The Morgan fingerprint density at radius 2 is 2.03 bits per heavy atom. The first-order valence-corrected chi connectivity index (χ1v) is 14.5. The van der Waals surface area contributed by atoms with Crippen LogP contribution < -0.4 is 5.32 Å². The van der Waals surface area contributed by atoms with Gasteiger partial charge in [0.25, 0.3) is 0 Å². The van der Waals surface area contributed by atoms with Gasteiger partial charge in [0.05, 0.1) is 17.4 Å². The summed E-state index contributed by atoms with van der Waals surface area (Å²) >= 11 is 3.03. The molecule has 3 aromatic heterocycles. The molecule has 0 saturated carbocycles. The molecule has 4 heterocycles. The van der Waals surface area contributed by atoms with E-state index < -0.39 is 6.09 Å². The minimum atomic E-state index is -0.925. The van der Waals surface area contributed by atoms with Crippen LogP contribution >= 0.6 is 22.7 Å². The lowest BCUT2D eigenvalue weighted by Gasteiger charge is -2.28. The molecular weight excluding hydrogens is 518 g/mol. The molecule has 0 spiro atoms. The highest BCUT2D eigenvalue weighted by molar-refractivity contribution is 7.22. The molecule has 0 bridgehead atoms. The molecule has 2 N–H and O–H groups in total. The molecule has 0 radical (unpaired) electrons. The molecular formula is C28H31N5O3S2. The summed E-state index contributed by atoms with van der Waals surface area (Å²) < 4.78 is 1.03. The molecule has 4 aromatic rings. The molecule has 5 rings (SSSR count). The van der Waals surface area contributed by atoms with Crippen LogP contribution in [0.15, 0.2) is 48.8 Å². The molecule has 8 nitrogen and oxygen atoms in total. The topological polar surface area (TPSA) is 98.7 Å². The molecule has 1 aliphatic rings. The quantitative estimate of drug-likeness (QED) is 0.262. The molecule has 198 valence electrons. The van der Waals surface area contributed by atoms with Crippen LogP contribution in [0.2, 0.25) is 0 Å². The lowest BCUT2D eigenvalue weighted by Crippen LogP contribution is -2.34. The highest BCUT2D eigenvalue weighted by Gasteiger charge is 2.29. The molecule has 1 unspecified atom stereocenters. The van der Waals surface area contributed by atoms with Gasteiger partial charge in [-0.05, 0) is 37.0 Å². The summed E-state index contributed by atoms with van der Waals surface area (Å²) in [6, 6.07) is 12.6. The number of amides is 2. The summed E-state index contributed by atoms with van der Waals surface area (Å²) in [4.78, 5) is 38.6. The van der Waals surface area contributed by atoms with Crippen molar-refractivity contribution in [2.24, 2.45) is 0 Å². The van der Waals surface area contributed by atoms with Crippen molar-refractivity contribution in [1.29, 1.82) is 0 Å². The zero-order chi connectivity index (χ0) is 26.6. The number of carbonyl (C=O) groups is 2. The van der Waals surface area contributed by atoms with Crippen LogP contribution in [0.5, 0.6) is 0 Å². The minimum Gasteiger partial charge on any atom is -0.465 e.